The van der Waals surface area contributed by atoms with Crippen molar-refractivity contribution < 1.29 is 8.42 Å². The van der Waals surface area contributed by atoms with Crippen molar-refractivity contribution in [1.29, 1.82) is 0 Å². The molecule has 0 saturated heterocycles. The van der Waals surface area contributed by atoms with Crippen LogP contribution in [0.4, 0.5) is 5.82 Å². The molecule has 5 aromatic rings. The Morgan fingerprint density at radius 3 is 2.39 bits per heavy atom. The number of rotatable bonds is 5. The maximum atomic E-state index is 13.3. The molecule has 9 heteroatoms. The predicted molar refractivity (Wildman–Crippen MR) is 122 cm³/mol. The standard InChI is InChI=1S/C22H16BrN5O2S/c23-16-10-12-17(13-11-16)31(29,30)22-21-25-20(24-14-15-6-2-1-3-7-15)18-8-4-5-9-19(18)28(21)27-26-22/h1-13H,14H2,(H,24,25). The Morgan fingerprint density at radius 2 is 1.61 bits per heavy atom. The van der Waals surface area contributed by atoms with Crippen LogP contribution in [0.5, 0.6) is 0 Å². The van der Waals surface area contributed by atoms with Crippen molar-refractivity contribution in [3.05, 3.63) is 88.9 Å². The summed E-state index contributed by atoms with van der Waals surface area (Å²) in [5.74, 6) is 0.571. The van der Waals surface area contributed by atoms with Crippen LogP contribution in [-0.4, -0.2) is 28.2 Å². The third-order valence-electron chi connectivity index (χ3n) is 4.90. The van der Waals surface area contributed by atoms with E-state index in [0.29, 0.717) is 17.9 Å². The summed E-state index contributed by atoms with van der Waals surface area (Å²) in [7, 11) is -3.90. The lowest BCUT2D eigenvalue weighted by molar-refractivity contribution is 0.592. The molecule has 1 N–H and O–H groups in total. The Bertz CT molecular complexity index is 1500. The number of nitrogens with zero attached hydrogens (tertiary/aromatic N) is 4. The number of halogens is 1. The van der Waals surface area contributed by atoms with Crippen molar-refractivity contribution in [2.24, 2.45) is 0 Å². The monoisotopic (exact) mass is 493 g/mol. The molecule has 5 rings (SSSR count). The van der Waals surface area contributed by atoms with Crippen LogP contribution >= 0.6 is 15.9 Å². The van der Waals surface area contributed by atoms with Gasteiger partial charge < -0.3 is 5.32 Å². The highest BCUT2D eigenvalue weighted by Crippen LogP contribution is 2.28. The van der Waals surface area contributed by atoms with Crippen LogP contribution in [0.1, 0.15) is 5.56 Å². The lowest BCUT2D eigenvalue weighted by Crippen LogP contribution is -2.07. The Balaban J connectivity index is 1.66. The zero-order chi connectivity index (χ0) is 21.4. The first-order chi connectivity index (χ1) is 15.0. The third-order valence-corrected chi connectivity index (χ3v) is 7.10. The molecule has 2 heterocycles. The van der Waals surface area contributed by atoms with Crippen molar-refractivity contribution in [1.82, 2.24) is 19.8 Å². The van der Waals surface area contributed by atoms with Crippen LogP contribution in [0.25, 0.3) is 16.6 Å². The van der Waals surface area contributed by atoms with E-state index in [0.717, 1.165) is 15.4 Å². The summed E-state index contributed by atoms with van der Waals surface area (Å²) in [6.07, 6.45) is 0. The van der Waals surface area contributed by atoms with Gasteiger partial charge in [0.05, 0.1) is 10.4 Å². The highest BCUT2D eigenvalue weighted by atomic mass is 79.9. The van der Waals surface area contributed by atoms with Crippen molar-refractivity contribution in [3.63, 3.8) is 0 Å². The van der Waals surface area contributed by atoms with E-state index >= 15 is 0 Å². The number of nitrogens with one attached hydrogen (secondary N) is 1. The van der Waals surface area contributed by atoms with Gasteiger partial charge >= 0.3 is 0 Å². The summed E-state index contributed by atoms with van der Waals surface area (Å²) in [4.78, 5) is 4.76. The van der Waals surface area contributed by atoms with E-state index in [2.05, 4.69) is 36.5 Å². The van der Waals surface area contributed by atoms with Gasteiger partial charge in [-0.05, 0) is 42.0 Å². The SMILES string of the molecule is O=S(=O)(c1ccc(Br)cc1)c1nnn2c1nc(NCc1ccccc1)c1ccccc12. The van der Waals surface area contributed by atoms with Gasteiger partial charge in [0.25, 0.3) is 0 Å². The normalized spacial score (nSPS) is 11.8. The number of hydrogen-bond donors (Lipinski definition) is 1. The molecule has 2 aromatic heterocycles. The number of hydrogen-bond acceptors (Lipinski definition) is 6. The summed E-state index contributed by atoms with van der Waals surface area (Å²) in [5.41, 5.74) is 1.98. The summed E-state index contributed by atoms with van der Waals surface area (Å²) in [6, 6.07) is 23.9. The van der Waals surface area contributed by atoms with Crippen molar-refractivity contribution in [2.75, 3.05) is 5.32 Å². The van der Waals surface area contributed by atoms with Gasteiger partial charge in [0.15, 0.2) is 5.65 Å². The van der Waals surface area contributed by atoms with Crippen molar-refractivity contribution >= 4 is 48.1 Å². The van der Waals surface area contributed by atoms with Crippen LogP contribution in [0.15, 0.2) is 93.3 Å². The van der Waals surface area contributed by atoms with Gasteiger partial charge in [-0.25, -0.2) is 13.4 Å². The van der Waals surface area contributed by atoms with Gasteiger partial charge in [0.1, 0.15) is 5.82 Å². The molecule has 0 saturated carbocycles. The smallest absolute Gasteiger partial charge is 0.229 e. The van der Waals surface area contributed by atoms with Gasteiger partial charge in [-0.3, -0.25) is 0 Å². The van der Waals surface area contributed by atoms with Crippen LogP contribution in [-0.2, 0) is 16.4 Å². The maximum absolute atomic E-state index is 13.3. The number of aromatic nitrogens is 4. The lowest BCUT2D eigenvalue weighted by atomic mass is 10.2. The van der Waals surface area contributed by atoms with Gasteiger partial charge in [-0.1, -0.05) is 63.6 Å². The summed E-state index contributed by atoms with van der Waals surface area (Å²) in [6.45, 7) is 0.546. The molecule has 0 bridgehead atoms. The molecule has 0 atom stereocenters. The first-order valence-electron chi connectivity index (χ1n) is 9.47. The van der Waals surface area contributed by atoms with Crippen LogP contribution in [0.2, 0.25) is 0 Å². The summed E-state index contributed by atoms with van der Waals surface area (Å²) in [5, 5.41) is 12.1. The topological polar surface area (TPSA) is 89.2 Å². The fourth-order valence-corrected chi connectivity index (χ4v) is 4.86. The summed E-state index contributed by atoms with van der Waals surface area (Å²) >= 11 is 3.33. The van der Waals surface area contributed by atoms with E-state index in [-0.39, 0.29) is 15.6 Å². The summed E-state index contributed by atoms with van der Waals surface area (Å²) < 4.78 is 28.8. The minimum absolute atomic E-state index is 0.131. The number of anilines is 1. The van der Waals surface area contributed by atoms with Gasteiger partial charge in [-0.2, -0.15) is 4.52 Å². The molecule has 0 radical (unpaired) electrons. The van der Waals surface area contributed by atoms with Crippen molar-refractivity contribution in [2.45, 2.75) is 16.5 Å². The lowest BCUT2D eigenvalue weighted by Gasteiger charge is -2.10. The molecule has 0 spiro atoms. The molecule has 0 aliphatic rings. The predicted octanol–water partition coefficient (Wildman–Crippen LogP) is 4.48. The van der Waals surface area contributed by atoms with E-state index in [1.165, 1.54) is 16.6 Å². The second-order valence-corrected chi connectivity index (χ2v) is 9.68. The molecule has 7 nitrogen and oxygen atoms in total. The fourth-order valence-electron chi connectivity index (χ4n) is 3.36. The highest BCUT2D eigenvalue weighted by molar-refractivity contribution is 9.10. The van der Waals surface area contributed by atoms with Gasteiger partial charge in [0.2, 0.25) is 14.9 Å². The first kappa shape index (κ1) is 19.7. The van der Waals surface area contributed by atoms with Gasteiger partial charge in [-0.15, -0.1) is 5.10 Å². The largest absolute Gasteiger partial charge is 0.365 e. The second-order valence-electron chi connectivity index (χ2n) is 6.90. The van der Waals surface area contributed by atoms with Gasteiger partial charge in [0, 0.05) is 16.4 Å². The number of fused-ring (bicyclic) bond motifs is 3. The van der Waals surface area contributed by atoms with Crippen LogP contribution in [0, 0.1) is 0 Å². The highest BCUT2D eigenvalue weighted by Gasteiger charge is 2.27. The molecule has 0 aliphatic carbocycles. The Hall–Kier alpha value is -3.30. The Morgan fingerprint density at radius 1 is 0.903 bits per heavy atom. The number of sulfone groups is 1. The molecule has 0 amide bonds. The minimum atomic E-state index is -3.90. The second kappa shape index (κ2) is 7.75. The average molecular weight is 494 g/mol. The third kappa shape index (κ3) is 3.55. The van der Waals surface area contributed by atoms with E-state index in [9.17, 15) is 8.42 Å². The fraction of sp³-hybridized carbons (Fsp3) is 0.0455. The van der Waals surface area contributed by atoms with E-state index < -0.39 is 9.84 Å². The number of benzene rings is 3. The molecule has 3 aromatic carbocycles. The van der Waals surface area contributed by atoms with Crippen LogP contribution < -0.4 is 5.32 Å². The minimum Gasteiger partial charge on any atom is -0.365 e. The van der Waals surface area contributed by atoms with Crippen LogP contribution in [0.3, 0.4) is 0 Å². The quantitative estimate of drug-likeness (QED) is 0.388. The Kier molecular flexibility index (Phi) is 4.91. The zero-order valence-corrected chi connectivity index (χ0v) is 18.5. The Labute approximate surface area is 186 Å². The molecule has 0 fully saturated rings. The van der Waals surface area contributed by atoms with E-state index in [4.69, 9.17) is 0 Å². The zero-order valence-electron chi connectivity index (χ0n) is 16.1. The molecule has 0 unspecified atom stereocenters. The maximum Gasteiger partial charge on any atom is 0.229 e. The number of para-hydroxylation sites is 1. The van der Waals surface area contributed by atoms with Crippen molar-refractivity contribution in [3.8, 4) is 0 Å². The molecular weight excluding hydrogens is 478 g/mol. The van der Waals surface area contributed by atoms with E-state index in [1.54, 1.807) is 12.1 Å². The van der Waals surface area contributed by atoms with E-state index in [1.807, 2.05) is 54.6 Å². The molecule has 31 heavy (non-hydrogen) atoms. The molecule has 0 aliphatic heterocycles. The molecular formula is C22H16BrN5O2S. The average Bonchev–Trinajstić information content (AvgIpc) is 3.23. The molecule has 154 valence electrons. The first-order valence-corrected chi connectivity index (χ1v) is 11.7.